The molecule has 1 atom stereocenters. The highest BCUT2D eigenvalue weighted by atomic mass is 19.1. The summed E-state index contributed by atoms with van der Waals surface area (Å²) in [4.78, 5) is 29.2. The van der Waals surface area contributed by atoms with Gasteiger partial charge in [-0.05, 0) is 42.3 Å². The van der Waals surface area contributed by atoms with Gasteiger partial charge in [-0.25, -0.2) is 4.39 Å². The van der Waals surface area contributed by atoms with Crippen molar-refractivity contribution < 1.29 is 18.5 Å². The van der Waals surface area contributed by atoms with Crippen LogP contribution in [-0.4, -0.2) is 50.9 Å². The van der Waals surface area contributed by atoms with Crippen LogP contribution in [0.15, 0.2) is 49.2 Å². The van der Waals surface area contributed by atoms with E-state index in [9.17, 15) is 14.0 Å². The van der Waals surface area contributed by atoms with Crippen LogP contribution in [-0.2, 0) is 10.5 Å². The van der Waals surface area contributed by atoms with E-state index in [1.54, 1.807) is 27.7 Å². The summed E-state index contributed by atoms with van der Waals surface area (Å²) in [6.45, 7) is 11.1. The molecule has 0 radical (unpaired) electrons. The number of halogens is 1. The molecule has 8 heteroatoms. The van der Waals surface area contributed by atoms with Crippen LogP contribution in [0.3, 0.4) is 0 Å². The normalized spacial score (nSPS) is 20.1. The topological polar surface area (TPSA) is 61.8 Å². The van der Waals surface area contributed by atoms with Crippen molar-refractivity contribution in [2.24, 2.45) is 0 Å². The van der Waals surface area contributed by atoms with Crippen molar-refractivity contribution in [2.45, 2.75) is 32.4 Å². The van der Waals surface area contributed by atoms with E-state index in [2.05, 4.69) is 20.4 Å². The van der Waals surface area contributed by atoms with Gasteiger partial charge in [0.15, 0.2) is 6.20 Å². The van der Waals surface area contributed by atoms with E-state index in [1.165, 1.54) is 18.2 Å². The summed E-state index contributed by atoms with van der Waals surface area (Å²) in [5.74, 6) is -0.365. The van der Waals surface area contributed by atoms with Gasteiger partial charge in [-0.2, -0.15) is 4.57 Å². The molecule has 1 aromatic carbocycles. The van der Waals surface area contributed by atoms with Crippen molar-refractivity contribution in [1.29, 1.82) is 0 Å². The monoisotopic (exact) mass is 434 g/mol. The van der Waals surface area contributed by atoms with Crippen LogP contribution in [0, 0.1) is 5.82 Å². The van der Waals surface area contributed by atoms with E-state index in [-0.39, 0.29) is 23.5 Å². The number of fused-ring (bicyclic) bond motifs is 5. The summed E-state index contributed by atoms with van der Waals surface area (Å²) < 4.78 is 17.2. The van der Waals surface area contributed by atoms with E-state index in [0.717, 1.165) is 16.8 Å². The van der Waals surface area contributed by atoms with Crippen LogP contribution in [0.25, 0.3) is 16.9 Å². The molecule has 1 saturated heterocycles. The second kappa shape index (κ2) is 6.98. The largest absolute Gasteiger partial charge is 0.331 e. The zero-order valence-corrected chi connectivity index (χ0v) is 18.4. The molecular weight excluding hydrogens is 409 g/mol. The van der Waals surface area contributed by atoms with Gasteiger partial charge in [0.1, 0.15) is 11.5 Å². The molecule has 2 amide bonds. The number of imidazole rings is 1. The smallest absolute Gasteiger partial charge is 0.313 e. The molecule has 164 valence electrons. The summed E-state index contributed by atoms with van der Waals surface area (Å²) in [7, 11) is 0. The Labute approximate surface area is 185 Å². The zero-order valence-electron chi connectivity index (χ0n) is 18.4. The van der Waals surface area contributed by atoms with Gasteiger partial charge >= 0.3 is 11.6 Å². The predicted molar refractivity (Wildman–Crippen MR) is 116 cm³/mol. The van der Waals surface area contributed by atoms with E-state index >= 15 is 0 Å². The predicted octanol–water partition coefficient (Wildman–Crippen LogP) is 2.71. The fraction of sp³-hybridized carbons (Fsp3) is 0.333. The number of hydrogen-bond acceptors (Lipinski definition) is 3. The number of hydrogen-bond donors (Lipinski definition) is 0. The molecule has 0 N–H and O–H groups in total. The van der Waals surface area contributed by atoms with Crippen molar-refractivity contribution in [3.8, 4) is 11.3 Å². The van der Waals surface area contributed by atoms with Crippen LogP contribution in [0.5, 0.6) is 0 Å². The lowest BCUT2D eigenvalue weighted by Gasteiger charge is -2.42. The van der Waals surface area contributed by atoms with E-state index in [0.29, 0.717) is 31.0 Å². The van der Waals surface area contributed by atoms with Crippen molar-refractivity contribution in [2.75, 3.05) is 19.6 Å². The summed E-state index contributed by atoms with van der Waals surface area (Å²) in [6, 6.07) is 8.23. The highest BCUT2D eigenvalue weighted by Crippen LogP contribution is 2.34. The Morgan fingerprint density at radius 2 is 2.00 bits per heavy atom. The summed E-state index contributed by atoms with van der Waals surface area (Å²) in [6.07, 6.45) is 3.08. The second-order valence-electron chi connectivity index (χ2n) is 8.90. The Hall–Kier alpha value is -3.55. The van der Waals surface area contributed by atoms with Crippen LogP contribution in [0.1, 0.15) is 42.7 Å². The van der Waals surface area contributed by atoms with Crippen molar-refractivity contribution >= 4 is 17.5 Å². The molecule has 5 rings (SSSR count). The van der Waals surface area contributed by atoms with Crippen LogP contribution in [0.2, 0.25) is 0 Å². The molecule has 7 nitrogen and oxygen atoms in total. The second-order valence-corrected chi connectivity index (χ2v) is 8.90. The Morgan fingerprint density at radius 1 is 1.28 bits per heavy atom. The van der Waals surface area contributed by atoms with Gasteiger partial charge in [-0.1, -0.05) is 30.0 Å². The van der Waals surface area contributed by atoms with E-state index in [4.69, 9.17) is 5.10 Å². The fourth-order valence-corrected chi connectivity index (χ4v) is 4.93. The Kier molecular flexibility index (Phi) is 4.44. The van der Waals surface area contributed by atoms with Crippen LogP contribution < -0.4 is 4.57 Å². The van der Waals surface area contributed by atoms with Gasteiger partial charge in [0.25, 0.3) is 0 Å². The van der Waals surface area contributed by atoms with E-state index in [1.807, 2.05) is 22.5 Å². The lowest BCUT2D eigenvalue weighted by atomic mass is 10.0. The number of rotatable bonds is 3. The quantitative estimate of drug-likeness (QED) is 0.470. The first-order chi connectivity index (χ1) is 15.2. The van der Waals surface area contributed by atoms with Gasteiger partial charge in [0.05, 0.1) is 6.54 Å². The number of aromatic nitrogens is 3. The van der Waals surface area contributed by atoms with Gasteiger partial charge in [0.2, 0.25) is 17.3 Å². The highest BCUT2D eigenvalue weighted by molar-refractivity contribution is 5.93. The number of benzene rings is 1. The molecule has 1 unspecified atom stereocenters. The number of amides is 2. The summed E-state index contributed by atoms with van der Waals surface area (Å²) >= 11 is 0. The minimum Gasteiger partial charge on any atom is -0.331 e. The molecule has 2 aromatic heterocycles. The number of carbonyl (C=O) groups excluding carboxylic acids is 2. The average Bonchev–Trinajstić information content (AvgIpc) is 3.26. The molecule has 0 spiro atoms. The molecule has 32 heavy (non-hydrogen) atoms. The number of carbonyl (C=O) groups is 2. The van der Waals surface area contributed by atoms with Crippen molar-refractivity contribution in [3.05, 3.63) is 66.3 Å². The van der Waals surface area contributed by atoms with Crippen LogP contribution >= 0.6 is 0 Å². The number of nitrogens with zero attached hydrogens (tertiary/aromatic N) is 5. The van der Waals surface area contributed by atoms with Gasteiger partial charge in [-0.15, -0.1) is 0 Å². The highest BCUT2D eigenvalue weighted by Gasteiger charge is 2.57. The van der Waals surface area contributed by atoms with Gasteiger partial charge < -0.3 is 4.90 Å². The SMILES string of the molecule is C=CC(=O)N1CCN2C(=O)c3cn4nc(-c5ccc(F)cc5)cc(C(C)C)c4[n+]3C2(C)C1. The Morgan fingerprint density at radius 3 is 2.66 bits per heavy atom. The van der Waals surface area contributed by atoms with Crippen LogP contribution in [0.4, 0.5) is 4.39 Å². The van der Waals surface area contributed by atoms with E-state index < -0.39 is 5.66 Å². The molecule has 0 aliphatic carbocycles. The molecule has 2 aliphatic heterocycles. The van der Waals surface area contributed by atoms with Crippen molar-refractivity contribution in [3.63, 3.8) is 0 Å². The minimum atomic E-state index is -0.721. The molecule has 0 saturated carbocycles. The maximum Gasteiger partial charge on any atom is 0.313 e. The fourth-order valence-electron chi connectivity index (χ4n) is 4.93. The molecule has 0 bridgehead atoms. The maximum absolute atomic E-state index is 13.4. The van der Waals surface area contributed by atoms with Gasteiger partial charge in [0, 0.05) is 31.1 Å². The molecule has 1 fully saturated rings. The lowest BCUT2D eigenvalue weighted by molar-refractivity contribution is -0.749. The molecule has 3 aromatic rings. The molecular formula is C24H25FN5O2+. The Balaban J connectivity index is 1.72. The summed E-state index contributed by atoms with van der Waals surface area (Å²) in [5, 5.41) is 4.76. The first-order valence-electron chi connectivity index (χ1n) is 10.7. The molecule has 2 aliphatic rings. The first kappa shape index (κ1) is 20.4. The lowest BCUT2D eigenvalue weighted by Crippen LogP contribution is -2.69. The third kappa shape index (κ3) is 2.78. The molecule has 4 heterocycles. The first-order valence-corrected chi connectivity index (χ1v) is 10.7. The van der Waals surface area contributed by atoms with Gasteiger partial charge in [-0.3, -0.25) is 14.5 Å². The zero-order chi connectivity index (χ0) is 22.8. The minimum absolute atomic E-state index is 0.0678. The third-order valence-corrected chi connectivity index (χ3v) is 6.54. The van der Waals surface area contributed by atoms with Crippen molar-refractivity contribution in [1.82, 2.24) is 19.4 Å². The maximum atomic E-state index is 13.4. The summed E-state index contributed by atoms with van der Waals surface area (Å²) in [5.41, 5.74) is 3.18. The average molecular weight is 434 g/mol. The Bertz CT molecular complexity index is 1280. The standard InChI is InChI=1S/C24H25FN5O2/c1-5-21(31)27-10-11-28-23(32)20-13-29-22(30(20)24(28,4)14-27)18(15(2)3)12-19(26-29)16-6-8-17(25)9-7-16/h5-9,12-13,15H,1,10-11,14H2,2-4H3/q+1. The number of piperazine rings is 1. The third-order valence-electron chi connectivity index (χ3n) is 6.54.